The van der Waals surface area contributed by atoms with Crippen molar-refractivity contribution >= 4 is 5.91 Å². The zero-order valence-electron chi connectivity index (χ0n) is 13.3. The lowest BCUT2D eigenvalue weighted by Gasteiger charge is -2.38. The number of aryl methyl sites for hydroxylation is 1. The lowest BCUT2D eigenvalue weighted by atomic mass is 9.87. The smallest absolute Gasteiger partial charge is 0.236 e. The maximum absolute atomic E-state index is 12.0. The van der Waals surface area contributed by atoms with Gasteiger partial charge in [0.2, 0.25) is 5.91 Å². The van der Waals surface area contributed by atoms with Gasteiger partial charge in [-0.2, -0.15) is 0 Å². The van der Waals surface area contributed by atoms with Gasteiger partial charge < -0.3 is 15.0 Å². The molecule has 4 nitrogen and oxygen atoms in total. The summed E-state index contributed by atoms with van der Waals surface area (Å²) in [6.07, 6.45) is 2.15. The van der Waals surface area contributed by atoms with E-state index in [2.05, 4.69) is 36.5 Å². The fourth-order valence-electron chi connectivity index (χ4n) is 3.10. The molecule has 0 aromatic heterocycles. The van der Waals surface area contributed by atoms with Crippen LogP contribution in [-0.4, -0.2) is 50.7 Å². The van der Waals surface area contributed by atoms with Crippen LogP contribution in [0.5, 0.6) is 0 Å². The van der Waals surface area contributed by atoms with Gasteiger partial charge in [0, 0.05) is 20.2 Å². The Morgan fingerprint density at radius 1 is 1.48 bits per heavy atom. The number of piperidine rings is 1. The molecule has 1 aliphatic heterocycles. The van der Waals surface area contributed by atoms with Crippen molar-refractivity contribution in [3.05, 3.63) is 35.4 Å². The summed E-state index contributed by atoms with van der Waals surface area (Å²) in [6, 6.07) is 8.65. The fraction of sp³-hybridized carbons (Fsp3) is 0.588. The number of rotatable bonds is 5. The van der Waals surface area contributed by atoms with E-state index in [4.69, 9.17) is 4.74 Å². The maximum Gasteiger partial charge on any atom is 0.236 e. The van der Waals surface area contributed by atoms with Crippen LogP contribution in [0.2, 0.25) is 0 Å². The minimum Gasteiger partial charge on any atom is -0.379 e. The molecule has 21 heavy (non-hydrogen) atoms. The number of carbonyl (C=O) groups excluding carboxylic acids is 1. The van der Waals surface area contributed by atoms with Crippen LogP contribution in [0.4, 0.5) is 0 Å². The molecule has 0 spiro atoms. The van der Waals surface area contributed by atoms with Gasteiger partial charge in [-0.15, -0.1) is 0 Å². The predicted molar refractivity (Wildman–Crippen MR) is 84.3 cm³/mol. The van der Waals surface area contributed by atoms with Gasteiger partial charge in [0.15, 0.2) is 0 Å². The molecule has 1 aliphatic rings. The van der Waals surface area contributed by atoms with Gasteiger partial charge in [0.25, 0.3) is 0 Å². The van der Waals surface area contributed by atoms with E-state index in [9.17, 15) is 4.79 Å². The number of likely N-dealkylation sites (tertiary alicyclic amines) is 1. The average Bonchev–Trinajstić information content (AvgIpc) is 2.48. The quantitative estimate of drug-likeness (QED) is 0.896. The fourth-order valence-corrected chi connectivity index (χ4v) is 3.10. The number of likely N-dealkylation sites (N-methyl/N-ethyl adjacent to an activating group) is 1. The Labute approximate surface area is 127 Å². The molecule has 2 atom stereocenters. The van der Waals surface area contributed by atoms with Crippen molar-refractivity contribution in [2.45, 2.75) is 25.9 Å². The standard InChI is InChI=1S/C17H26N2O2/c1-13-5-4-6-14(9-13)10-15-7-8-19(12-16(15)21-3)17(20)11-18-2/h4-6,9,15-16,18H,7-8,10-12H2,1-3H3/t15-,16-/m1/s1. The summed E-state index contributed by atoms with van der Waals surface area (Å²) in [6.45, 7) is 4.06. The first-order chi connectivity index (χ1) is 10.1. The number of ether oxygens (including phenoxy) is 1. The summed E-state index contributed by atoms with van der Waals surface area (Å²) < 4.78 is 5.65. The number of hydrogen-bond acceptors (Lipinski definition) is 3. The molecule has 0 unspecified atom stereocenters. The molecule has 1 saturated heterocycles. The van der Waals surface area contributed by atoms with Crippen LogP contribution in [-0.2, 0) is 16.0 Å². The second-order valence-electron chi connectivity index (χ2n) is 5.89. The Morgan fingerprint density at radius 2 is 2.29 bits per heavy atom. The third kappa shape index (κ3) is 4.29. The Hall–Kier alpha value is -1.39. The number of benzene rings is 1. The topological polar surface area (TPSA) is 41.6 Å². The summed E-state index contributed by atoms with van der Waals surface area (Å²) >= 11 is 0. The summed E-state index contributed by atoms with van der Waals surface area (Å²) in [4.78, 5) is 13.9. The van der Waals surface area contributed by atoms with Crippen molar-refractivity contribution < 1.29 is 9.53 Å². The molecule has 0 radical (unpaired) electrons. The molecule has 1 heterocycles. The summed E-state index contributed by atoms with van der Waals surface area (Å²) in [5.74, 6) is 0.643. The molecule has 116 valence electrons. The van der Waals surface area contributed by atoms with Gasteiger partial charge >= 0.3 is 0 Å². The largest absolute Gasteiger partial charge is 0.379 e. The minimum absolute atomic E-state index is 0.125. The Bertz CT molecular complexity index is 476. The van der Waals surface area contributed by atoms with Crippen LogP contribution in [0.15, 0.2) is 24.3 Å². The van der Waals surface area contributed by atoms with Gasteiger partial charge in [-0.25, -0.2) is 0 Å². The second-order valence-corrected chi connectivity index (χ2v) is 5.89. The minimum atomic E-state index is 0.125. The van der Waals surface area contributed by atoms with Crippen molar-refractivity contribution in [3.8, 4) is 0 Å². The molecule has 1 aromatic carbocycles. The highest BCUT2D eigenvalue weighted by Crippen LogP contribution is 2.24. The van der Waals surface area contributed by atoms with E-state index >= 15 is 0 Å². The summed E-state index contributed by atoms with van der Waals surface area (Å²) in [5.41, 5.74) is 2.65. The predicted octanol–water partition coefficient (Wildman–Crippen LogP) is 1.62. The maximum atomic E-state index is 12.0. The highest BCUT2D eigenvalue weighted by Gasteiger charge is 2.31. The van der Waals surface area contributed by atoms with Crippen LogP contribution in [0.3, 0.4) is 0 Å². The molecular formula is C17H26N2O2. The SMILES string of the molecule is CNCC(=O)N1CC[C@H](Cc2cccc(C)c2)[C@H](OC)C1. The molecule has 1 fully saturated rings. The number of amides is 1. The van der Waals surface area contributed by atoms with E-state index in [1.165, 1.54) is 11.1 Å². The van der Waals surface area contributed by atoms with Gasteiger partial charge in [-0.1, -0.05) is 29.8 Å². The lowest BCUT2D eigenvalue weighted by Crippen LogP contribution is -2.49. The first-order valence-electron chi connectivity index (χ1n) is 7.64. The molecular weight excluding hydrogens is 264 g/mol. The normalized spacial score (nSPS) is 22.3. The monoisotopic (exact) mass is 290 g/mol. The van der Waals surface area contributed by atoms with E-state index in [1.807, 2.05) is 4.90 Å². The Balaban J connectivity index is 1.97. The van der Waals surface area contributed by atoms with E-state index < -0.39 is 0 Å². The highest BCUT2D eigenvalue weighted by molar-refractivity contribution is 5.78. The van der Waals surface area contributed by atoms with Gasteiger partial charge in [-0.05, 0) is 38.3 Å². The first-order valence-corrected chi connectivity index (χ1v) is 7.64. The first kappa shape index (κ1) is 16.0. The summed E-state index contributed by atoms with van der Waals surface area (Å²) in [7, 11) is 3.55. The Morgan fingerprint density at radius 3 is 2.95 bits per heavy atom. The number of carbonyl (C=O) groups is 1. The van der Waals surface area contributed by atoms with E-state index in [1.54, 1.807) is 14.2 Å². The van der Waals surface area contributed by atoms with Crippen molar-refractivity contribution in [2.75, 3.05) is 33.8 Å². The van der Waals surface area contributed by atoms with Crippen LogP contribution < -0.4 is 5.32 Å². The van der Waals surface area contributed by atoms with Crippen molar-refractivity contribution in [1.29, 1.82) is 0 Å². The van der Waals surface area contributed by atoms with Crippen molar-refractivity contribution in [3.63, 3.8) is 0 Å². The molecule has 4 heteroatoms. The molecule has 2 rings (SSSR count). The van der Waals surface area contributed by atoms with Gasteiger partial charge in [-0.3, -0.25) is 4.79 Å². The molecule has 1 N–H and O–H groups in total. The van der Waals surface area contributed by atoms with Crippen LogP contribution in [0, 0.1) is 12.8 Å². The van der Waals surface area contributed by atoms with Crippen molar-refractivity contribution in [1.82, 2.24) is 10.2 Å². The van der Waals surface area contributed by atoms with E-state index in [-0.39, 0.29) is 12.0 Å². The second kappa shape index (κ2) is 7.57. The number of hydrogen-bond donors (Lipinski definition) is 1. The van der Waals surface area contributed by atoms with Crippen molar-refractivity contribution in [2.24, 2.45) is 5.92 Å². The molecule has 0 bridgehead atoms. The van der Waals surface area contributed by atoms with Crippen LogP contribution in [0.1, 0.15) is 17.5 Å². The zero-order valence-corrected chi connectivity index (χ0v) is 13.3. The molecule has 0 aliphatic carbocycles. The summed E-state index contributed by atoms with van der Waals surface area (Å²) in [5, 5.41) is 2.92. The number of methoxy groups -OCH3 is 1. The molecule has 1 amide bonds. The van der Waals surface area contributed by atoms with Crippen LogP contribution >= 0.6 is 0 Å². The average molecular weight is 290 g/mol. The van der Waals surface area contributed by atoms with Gasteiger partial charge in [0.05, 0.1) is 12.6 Å². The van der Waals surface area contributed by atoms with Gasteiger partial charge in [0.1, 0.15) is 0 Å². The highest BCUT2D eigenvalue weighted by atomic mass is 16.5. The third-order valence-corrected chi connectivity index (χ3v) is 4.26. The molecule has 0 saturated carbocycles. The zero-order chi connectivity index (χ0) is 15.2. The van der Waals surface area contributed by atoms with E-state index in [0.29, 0.717) is 19.0 Å². The third-order valence-electron chi connectivity index (χ3n) is 4.26. The Kier molecular flexibility index (Phi) is 5.76. The molecule has 1 aromatic rings. The van der Waals surface area contributed by atoms with E-state index in [0.717, 1.165) is 19.4 Å². The lowest BCUT2D eigenvalue weighted by molar-refractivity contribution is -0.135. The number of nitrogens with one attached hydrogen (secondary N) is 1. The van der Waals surface area contributed by atoms with Crippen LogP contribution in [0.25, 0.3) is 0 Å². The number of nitrogens with zero attached hydrogens (tertiary/aromatic N) is 1.